The van der Waals surface area contributed by atoms with Crippen molar-refractivity contribution < 1.29 is 31.1 Å². The van der Waals surface area contributed by atoms with E-state index >= 15 is 0 Å². The van der Waals surface area contributed by atoms with E-state index in [2.05, 4.69) is 35.6 Å². The molecule has 1 aliphatic rings. The largest absolute Gasteiger partial charge is 0.433 e. The third kappa shape index (κ3) is 5.27. The molecular formula is C19H15F6N7O. The zero-order valence-electron chi connectivity index (χ0n) is 16.8. The van der Waals surface area contributed by atoms with Crippen LogP contribution in [0.5, 0.6) is 0 Å². The summed E-state index contributed by atoms with van der Waals surface area (Å²) in [6, 6.07) is 5.23. The molecule has 1 aliphatic heterocycles. The first kappa shape index (κ1) is 22.6. The van der Waals surface area contributed by atoms with E-state index in [1.54, 1.807) is 0 Å². The Kier molecular flexibility index (Phi) is 5.56. The Hall–Kier alpha value is -3.55. The van der Waals surface area contributed by atoms with Crippen molar-refractivity contribution in [3.8, 4) is 11.5 Å². The molecule has 4 rings (SSSR count). The van der Waals surface area contributed by atoms with Crippen LogP contribution in [0.2, 0.25) is 0 Å². The van der Waals surface area contributed by atoms with Crippen LogP contribution in [-0.4, -0.2) is 43.7 Å². The highest BCUT2D eigenvalue weighted by molar-refractivity contribution is 5.59. The fourth-order valence-corrected chi connectivity index (χ4v) is 2.86. The predicted octanol–water partition coefficient (Wildman–Crippen LogP) is 4.31. The van der Waals surface area contributed by atoms with E-state index in [4.69, 9.17) is 4.74 Å². The first-order valence-corrected chi connectivity index (χ1v) is 9.38. The van der Waals surface area contributed by atoms with Crippen LogP contribution in [-0.2, 0) is 17.1 Å². The lowest BCUT2D eigenvalue weighted by molar-refractivity contribution is -0.141. The van der Waals surface area contributed by atoms with Gasteiger partial charge in [-0.1, -0.05) is 6.07 Å². The highest BCUT2D eigenvalue weighted by Crippen LogP contribution is 2.31. The van der Waals surface area contributed by atoms with E-state index < -0.39 is 29.3 Å². The first-order chi connectivity index (χ1) is 15.4. The average molecular weight is 471 g/mol. The number of anilines is 3. The van der Waals surface area contributed by atoms with Gasteiger partial charge in [0.1, 0.15) is 17.1 Å². The Balaban J connectivity index is 1.73. The van der Waals surface area contributed by atoms with Crippen LogP contribution in [0.1, 0.15) is 18.3 Å². The Labute approximate surface area is 182 Å². The van der Waals surface area contributed by atoms with Gasteiger partial charge in [-0.25, -0.2) is 4.98 Å². The van der Waals surface area contributed by atoms with Crippen LogP contribution in [0.3, 0.4) is 0 Å². The van der Waals surface area contributed by atoms with Gasteiger partial charge in [0.2, 0.25) is 11.9 Å². The van der Waals surface area contributed by atoms with E-state index in [9.17, 15) is 26.3 Å². The van der Waals surface area contributed by atoms with Crippen molar-refractivity contribution in [3.63, 3.8) is 0 Å². The van der Waals surface area contributed by atoms with Crippen LogP contribution >= 0.6 is 0 Å². The van der Waals surface area contributed by atoms with Crippen molar-refractivity contribution >= 4 is 17.6 Å². The summed E-state index contributed by atoms with van der Waals surface area (Å²) in [5.41, 5.74) is -3.04. The summed E-state index contributed by atoms with van der Waals surface area (Å²) in [5.74, 6) is -0.433. The standard InChI is InChI=1S/C19H15F6N7O/c1-17(8-33-9-17)32-16-30-14(11-3-2-4-12(28-11)18(20,21)22)29-15(31-16)27-10-5-6-26-13(7-10)19(23,24)25/h2-7H,8-9H2,1H3,(H2,26,27,29,30,31,32). The van der Waals surface area contributed by atoms with Gasteiger partial charge in [0.05, 0.1) is 18.8 Å². The van der Waals surface area contributed by atoms with Gasteiger partial charge in [-0.3, -0.25) is 4.98 Å². The predicted molar refractivity (Wildman–Crippen MR) is 103 cm³/mol. The van der Waals surface area contributed by atoms with Crippen molar-refractivity contribution in [2.24, 2.45) is 0 Å². The van der Waals surface area contributed by atoms with E-state index in [1.807, 2.05) is 6.92 Å². The van der Waals surface area contributed by atoms with Crippen LogP contribution in [0.15, 0.2) is 36.5 Å². The molecule has 1 fully saturated rings. The molecule has 0 aromatic carbocycles. The molecular weight excluding hydrogens is 456 g/mol. The average Bonchev–Trinajstić information content (AvgIpc) is 2.71. The fraction of sp³-hybridized carbons (Fsp3) is 0.316. The fourth-order valence-electron chi connectivity index (χ4n) is 2.86. The van der Waals surface area contributed by atoms with Crippen molar-refractivity contribution in [2.45, 2.75) is 24.8 Å². The summed E-state index contributed by atoms with van der Waals surface area (Å²) >= 11 is 0. The lowest BCUT2D eigenvalue weighted by Gasteiger charge is -2.38. The minimum absolute atomic E-state index is 0.0161. The van der Waals surface area contributed by atoms with Gasteiger partial charge >= 0.3 is 12.4 Å². The maximum absolute atomic E-state index is 13.1. The van der Waals surface area contributed by atoms with Crippen molar-refractivity contribution in [1.29, 1.82) is 0 Å². The number of rotatable bonds is 5. The lowest BCUT2D eigenvalue weighted by atomic mass is 10.0. The molecule has 14 heteroatoms. The second kappa shape index (κ2) is 8.10. The number of ether oxygens (including phenoxy) is 1. The number of alkyl halides is 6. The molecule has 1 saturated heterocycles. The molecule has 174 valence electrons. The molecule has 2 N–H and O–H groups in total. The van der Waals surface area contributed by atoms with Crippen molar-refractivity contribution in [1.82, 2.24) is 24.9 Å². The number of nitrogens with one attached hydrogen (secondary N) is 2. The topological polar surface area (TPSA) is 97.7 Å². The molecule has 33 heavy (non-hydrogen) atoms. The van der Waals surface area contributed by atoms with Crippen molar-refractivity contribution in [2.75, 3.05) is 23.8 Å². The zero-order chi connectivity index (χ0) is 23.9. The molecule has 0 bridgehead atoms. The molecule has 0 unspecified atom stereocenters. The maximum atomic E-state index is 13.1. The summed E-state index contributed by atoms with van der Waals surface area (Å²) < 4.78 is 83.3. The SMILES string of the molecule is CC1(Nc2nc(Nc3ccnc(C(F)(F)F)c3)nc(-c3cccc(C(F)(F)F)n3)n2)COC1. The molecule has 0 amide bonds. The second-order valence-corrected chi connectivity index (χ2v) is 7.44. The van der Waals surface area contributed by atoms with Crippen LogP contribution in [0, 0.1) is 0 Å². The van der Waals surface area contributed by atoms with Gasteiger partial charge < -0.3 is 15.4 Å². The van der Waals surface area contributed by atoms with Gasteiger partial charge in [0, 0.05) is 11.9 Å². The first-order valence-electron chi connectivity index (χ1n) is 9.38. The van der Waals surface area contributed by atoms with E-state index in [1.165, 1.54) is 12.1 Å². The number of hydrogen-bond donors (Lipinski definition) is 2. The third-order valence-electron chi connectivity index (χ3n) is 4.47. The Morgan fingerprint density at radius 1 is 0.879 bits per heavy atom. The van der Waals surface area contributed by atoms with E-state index in [0.29, 0.717) is 13.2 Å². The summed E-state index contributed by atoms with van der Waals surface area (Å²) in [6.07, 6.45) is -8.41. The molecule has 0 radical (unpaired) electrons. The monoisotopic (exact) mass is 471 g/mol. The molecule has 0 aliphatic carbocycles. The smallest absolute Gasteiger partial charge is 0.376 e. The summed E-state index contributed by atoms with van der Waals surface area (Å²) in [6.45, 7) is 2.48. The number of halogens is 6. The Morgan fingerprint density at radius 3 is 2.21 bits per heavy atom. The van der Waals surface area contributed by atoms with Crippen LogP contribution < -0.4 is 10.6 Å². The number of pyridine rings is 2. The van der Waals surface area contributed by atoms with Crippen LogP contribution in [0.4, 0.5) is 43.9 Å². The highest BCUT2D eigenvalue weighted by atomic mass is 19.4. The summed E-state index contributed by atoms with van der Waals surface area (Å²) in [4.78, 5) is 19.2. The van der Waals surface area contributed by atoms with Gasteiger partial charge in [0.25, 0.3) is 0 Å². The van der Waals surface area contributed by atoms with Gasteiger partial charge in [-0.05, 0) is 31.2 Å². The molecule has 0 saturated carbocycles. The van der Waals surface area contributed by atoms with Gasteiger partial charge in [0.15, 0.2) is 5.82 Å². The number of hydrogen-bond acceptors (Lipinski definition) is 8. The summed E-state index contributed by atoms with van der Waals surface area (Å²) in [5, 5.41) is 5.61. The molecule has 8 nitrogen and oxygen atoms in total. The molecule has 3 aromatic rings. The minimum Gasteiger partial charge on any atom is -0.376 e. The molecule has 0 atom stereocenters. The maximum Gasteiger partial charge on any atom is 0.433 e. The lowest BCUT2D eigenvalue weighted by Crippen LogP contribution is -2.53. The second-order valence-electron chi connectivity index (χ2n) is 7.44. The van der Waals surface area contributed by atoms with E-state index in [0.717, 1.165) is 24.4 Å². The molecule has 3 aromatic heterocycles. The van der Waals surface area contributed by atoms with Gasteiger partial charge in [-0.2, -0.15) is 41.3 Å². The molecule has 4 heterocycles. The van der Waals surface area contributed by atoms with Crippen LogP contribution in [0.25, 0.3) is 11.5 Å². The van der Waals surface area contributed by atoms with E-state index in [-0.39, 0.29) is 29.1 Å². The number of nitrogens with zero attached hydrogens (tertiary/aromatic N) is 5. The van der Waals surface area contributed by atoms with Crippen molar-refractivity contribution in [3.05, 3.63) is 47.9 Å². The minimum atomic E-state index is -4.69. The summed E-state index contributed by atoms with van der Waals surface area (Å²) in [7, 11) is 0. The number of aromatic nitrogens is 5. The Morgan fingerprint density at radius 2 is 1.58 bits per heavy atom. The van der Waals surface area contributed by atoms with Gasteiger partial charge in [-0.15, -0.1) is 0 Å². The molecule has 0 spiro atoms. The third-order valence-corrected chi connectivity index (χ3v) is 4.47. The normalized spacial score (nSPS) is 15.6. The zero-order valence-corrected chi connectivity index (χ0v) is 16.8. The highest BCUT2D eigenvalue weighted by Gasteiger charge is 2.35. The Bertz CT molecular complexity index is 1160. The quantitative estimate of drug-likeness (QED) is 0.532.